The van der Waals surface area contributed by atoms with Gasteiger partial charge >= 0.3 is 0 Å². The molecule has 0 aliphatic carbocycles. The van der Waals surface area contributed by atoms with Crippen LogP contribution in [0, 0.1) is 0 Å². The summed E-state index contributed by atoms with van der Waals surface area (Å²) in [5.41, 5.74) is 9.04. The fraction of sp³-hybridized carbons (Fsp3) is 0. The first-order valence-electron chi connectivity index (χ1n) is 19.1. The number of hydrogen-bond acceptors (Lipinski definition) is 1. The molecule has 55 heavy (non-hydrogen) atoms. The molecule has 1 nitrogen and oxygen atoms in total. The van der Waals surface area contributed by atoms with Crippen molar-refractivity contribution < 1.29 is 4.42 Å². The third kappa shape index (κ3) is 3.97. The van der Waals surface area contributed by atoms with E-state index in [9.17, 15) is 0 Å². The Balaban J connectivity index is 1.13. The smallest absolute Gasteiger partial charge is 0.143 e. The van der Waals surface area contributed by atoms with E-state index in [2.05, 4.69) is 182 Å². The molecule has 0 unspecified atom stereocenters. The fourth-order valence-electron chi connectivity index (χ4n) is 9.88. The van der Waals surface area contributed by atoms with Crippen LogP contribution in [0.3, 0.4) is 0 Å². The summed E-state index contributed by atoms with van der Waals surface area (Å²) in [6, 6.07) is 67.3. The van der Waals surface area contributed by atoms with Gasteiger partial charge in [-0.15, -0.1) is 0 Å². The first-order valence-corrected chi connectivity index (χ1v) is 19.1. The predicted octanol–water partition coefficient (Wildman–Crippen LogP) is 15.5. The second kappa shape index (κ2) is 10.7. The van der Waals surface area contributed by atoms with E-state index in [-0.39, 0.29) is 0 Å². The summed E-state index contributed by atoms with van der Waals surface area (Å²) in [6.45, 7) is 0. The van der Waals surface area contributed by atoms with Crippen LogP contribution in [0.25, 0.3) is 131 Å². The Bertz CT molecular complexity index is 3680. The molecule has 13 rings (SSSR count). The normalized spacial score (nSPS) is 12.4. The molecule has 0 atom stereocenters. The molecule has 0 radical (unpaired) electrons. The molecule has 0 bridgehead atoms. The highest BCUT2D eigenvalue weighted by Crippen LogP contribution is 2.49. The van der Waals surface area contributed by atoms with Gasteiger partial charge in [-0.1, -0.05) is 164 Å². The molecular weight excluding hydrogens is 665 g/mol. The van der Waals surface area contributed by atoms with Crippen LogP contribution in [0.15, 0.2) is 186 Å². The van der Waals surface area contributed by atoms with Gasteiger partial charge in [-0.05, 0) is 121 Å². The Morgan fingerprint density at radius 2 is 0.709 bits per heavy atom. The first kappa shape index (κ1) is 29.3. The van der Waals surface area contributed by atoms with Crippen molar-refractivity contribution in [3.63, 3.8) is 0 Å². The van der Waals surface area contributed by atoms with Gasteiger partial charge in [-0.2, -0.15) is 0 Å². The van der Waals surface area contributed by atoms with E-state index in [1.807, 2.05) is 0 Å². The molecule has 0 fully saturated rings. The Morgan fingerprint density at radius 1 is 0.255 bits per heavy atom. The highest BCUT2D eigenvalue weighted by atomic mass is 16.3. The molecule has 0 saturated heterocycles. The van der Waals surface area contributed by atoms with Crippen LogP contribution in [0.2, 0.25) is 0 Å². The van der Waals surface area contributed by atoms with Crippen molar-refractivity contribution in [1.82, 2.24) is 0 Å². The van der Waals surface area contributed by atoms with Gasteiger partial charge < -0.3 is 4.42 Å². The molecule has 13 aromatic rings. The molecule has 1 heteroatoms. The monoisotopic (exact) mass is 694 g/mol. The lowest BCUT2D eigenvalue weighted by atomic mass is 9.85. The third-order valence-electron chi connectivity index (χ3n) is 12.3. The van der Waals surface area contributed by atoms with Crippen LogP contribution < -0.4 is 0 Å². The number of hydrogen-bond donors (Lipinski definition) is 0. The second-order valence-corrected chi connectivity index (χ2v) is 15.1. The molecule has 0 saturated carbocycles. The van der Waals surface area contributed by atoms with Gasteiger partial charge in [0.15, 0.2) is 0 Å². The number of benzene rings is 12. The average molecular weight is 695 g/mol. The molecule has 0 aliphatic rings. The standard InChI is InChI=1S/C54H30O/c1-2-7-31(8-3-1)39-21-15-35-20-26-44-41(23-17-36-19-24-42(39)51(35)52(36)44)46-28-27-45(53-47-29-37-9-4-5-10-38(37)30-48(47)55-54(46)53)40-22-16-34-14-13-32-11-6-12-33-18-25-43(40)50(34)49(32)33/h1-30H. The zero-order valence-electron chi connectivity index (χ0n) is 29.7. The second-order valence-electron chi connectivity index (χ2n) is 15.1. The van der Waals surface area contributed by atoms with Crippen molar-refractivity contribution in [3.8, 4) is 33.4 Å². The summed E-state index contributed by atoms with van der Waals surface area (Å²) >= 11 is 0. The van der Waals surface area contributed by atoms with Crippen LogP contribution in [0.5, 0.6) is 0 Å². The quantitative estimate of drug-likeness (QED) is 0.168. The molecule has 252 valence electrons. The molecule has 0 spiro atoms. The van der Waals surface area contributed by atoms with Crippen LogP contribution >= 0.6 is 0 Å². The molecule has 0 N–H and O–H groups in total. The van der Waals surface area contributed by atoms with Gasteiger partial charge in [-0.3, -0.25) is 0 Å². The van der Waals surface area contributed by atoms with Crippen molar-refractivity contribution in [2.24, 2.45) is 0 Å². The summed E-state index contributed by atoms with van der Waals surface area (Å²) < 4.78 is 7.10. The zero-order chi connectivity index (χ0) is 35.8. The third-order valence-corrected chi connectivity index (χ3v) is 12.3. The van der Waals surface area contributed by atoms with E-state index in [1.165, 1.54) is 103 Å². The van der Waals surface area contributed by atoms with Gasteiger partial charge in [0.1, 0.15) is 11.2 Å². The maximum absolute atomic E-state index is 7.10. The zero-order valence-corrected chi connectivity index (χ0v) is 29.7. The summed E-state index contributed by atoms with van der Waals surface area (Å²) in [6.07, 6.45) is 0. The summed E-state index contributed by atoms with van der Waals surface area (Å²) in [4.78, 5) is 0. The van der Waals surface area contributed by atoms with Gasteiger partial charge in [0.25, 0.3) is 0 Å². The summed E-state index contributed by atoms with van der Waals surface area (Å²) in [5.74, 6) is 0. The van der Waals surface area contributed by atoms with Crippen molar-refractivity contribution >= 4 is 97.3 Å². The van der Waals surface area contributed by atoms with Crippen molar-refractivity contribution in [2.45, 2.75) is 0 Å². The Hall–Kier alpha value is -7.22. The molecular formula is C54H30O. The van der Waals surface area contributed by atoms with E-state index in [4.69, 9.17) is 4.42 Å². The predicted molar refractivity (Wildman–Crippen MR) is 235 cm³/mol. The molecule has 12 aromatic carbocycles. The average Bonchev–Trinajstić information content (AvgIpc) is 3.62. The molecule has 0 aliphatic heterocycles. The van der Waals surface area contributed by atoms with Gasteiger partial charge in [0.05, 0.1) is 0 Å². The van der Waals surface area contributed by atoms with Gasteiger partial charge in [-0.25, -0.2) is 0 Å². The topological polar surface area (TPSA) is 13.1 Å². The Morgan fingerprint density at radius 3 is 1.38 bits per heavy atom. The lowest BCUT2D eigenvalue weighted by Crippen LogP contribution is -1.91. The van der Waals surface area contributed by atoms with E-state index in [1.54, 1.807) is 0 Å². The summed E-state index contributed by atoms with van der Waals surface area (Å²) in [5, 5.41) is 20.1. The lowest BCUT2D eigenvalue weighted by Gasteiger charge is -2.17. The highest BCUT2D eigenvalue weighted by molar-refractivity contribution is 6.30. The van der Waals surface area contributed by atoms with Gasteiger partial charge in [0.2, 0.25) is 0 Å². The maximum Gasteiger partial charge on any atom is 0.143 e. The van der Waals surface area contributed by atoms with Crippen molar-refractivity contribution in [3.05, 3.63) is 182 Å². The molecule has 0 amide bonds. The van der Waals surface area contributed by atoms with Crippen LogP contribution in [0.4, 0.5) is 0 Å². The summed E-state index contributed by atoms with van der Waals surface area (Å²) in [7, 11) is 0. The van der Waals surface area contributed by atoms with Gasteiger partial charge in [0, 0.05) is 16.3 Å². The SMILES string of the molecule is c1ccc(-c2ccc3ccc4c(-c5ccc(-c6ccc7ccc8cccc9ccc6c7c89)c6c5oc5cc7ccccc7cc56)ccc5ccc2c3c54)cc1. The van der Waals surface area contributed by atoms with Crippen LogP contribution in [-0.4, -0.2) is 0 Å². The minimum Gasteiger partial charge on any atom is -0.455 e. The van der Waals surface area contributed by atoms with E-state index < -0.39 is 0 Å². The lowest BCUT2D eigenvalue weighted by molar-refractivity contribution is 0.670. The van der Waals surface area contributed by atoms with Crippen molar-refractivity contribution in [1.29, 1.82) is 0 Å². The van der Waals surface area contributed by atoms with Crippen LogP contribution in [0.1, 0.15) is 0 Å². The van der Waals surface area contributed by atoms with Crippen LogP contribution in [-0.2, 0) is 0 Å². The Labute approximate surface area is 315 Å². The minimum atomic E-state index is 0.908. The largest absolute Gasteiger partial charge is 0.455 e. The molecule has 1 aromatic heterocycles. The van der Waals surface area contributed by atoms with E-state index in [0.717, 1.165) is 27.5 Å². The number of furan rings is 1. The Kier molecular flexibility index (Phi) is 5.69. The maximum atomic E-state index is 7.10. The minimum absolute atomic E-state index is 0.908. The molecule has 1 heterocycles. The number of rotatable bonds is 3. The first-order chi connectivity index (χ1) is 27.3. The van der Waals surface area contributed by atoms with E-state index in [0.29, 0.717) is 0 Å². The van der Waals surface area contributed by atoms with Crippen molar-refractivity contribution in [2.75, 3.05) is 0 Å². The highest BCUT2D eigenvalue weighted by Gasteiger charge is 2.22. The number of fused-ring (bicyclic) bond motifs is 4. The fourth-order valence-corrected chi connectivity index (χ4v) is 9.88. The van der Waals surface area contributed by atoms with E-state index >= 15 is 0 Å².